The highest BCUT2D eigenvalue weighted by molar-refractivity contribution is 5.83. The van der Waals surface area contributed by atoms with E-state index < -0.39 is 24.2 Å². The van der Waals surface area contributed by atoms with E-state index in [0.29, 0.717) is 47.6 Å². The largest absolute Gasteiger partial charge is 0.394 e. The first-order valence-corrected chi connectivity index (χ1v) is 17.8. The molecule has 1 aliphatic heterocycles. The highest BCUT2D eigenvalue weighted by atomic mass is 16.7. The van der Waals surface area contributed by atoms with Crippen LogP contribution >= 0.6 is 0 Å². The van der Waals surface area contributed by atoms with Gasteiger partial charge in [-0.2, -0.15) is 5.06 Å². The first-order chi connectivity index (χ1) is 21.3. The van der Waals surface area contributed by atoms with Crippen LogP contribution in [0.5, 0.6) is 0 Å². The molecule has 1 saturated heterocycles. The van der Waals surface area contributed by atoms with Crippen LogP contribution < -0.4 is 10.6 Å². The van der Waals surface area contributed by atoms with E-state index in [0.717, 1.165) is 44.9 Å². The van der Waals surface area contributed by atoms with Gasteiger partial charge in [-0.15, -0.1) is 0 Å². The topological polar surface area (TPSA) is 124 Å². The second-order valence-electron chi connectivity index (χ2n) is 16.2. The zero-order valence-electron chi connectivity index (χ0n) is 29.1. The molecule has 0 spiro atoms. The van der Waals surface area contributed by atoms with Crippen LogP contribution in [0.1, 0.15) is 79.1 Å². The number of amides is 2. The monoisotopic (exact) mass is 634 g/mol. The van der Waals surface area contributed by atoms with Crippen molar-refractivity contribution in [3.8, 4) is 0 Å². The summed E-state index contributed by atoms with van der Waals surface area (Å²) >= 11 is 0. The third-order valence-corrected chi connectivity index (χ3v) is 13.4. The predicted molar refractivity (Wildman–Crippen MR) is 173 cm³/mol. The van der Waals surface area contributed by atoms with Gasteiger partial charge in [0.1, 0.15) is 12.1 Å². The summed E-state index contributed by atoms with van der Waals surface area (Å²) in [6.07, 6.45) is 6.55. The van der Waals surface area contributed by atoms with Gasteiger partial charge in [0.2, 0.25) is 11.8 Å². The number of rotatable bonds is 10. The molecule has 2 bridgehead atoms. The molecule has 2 amide bonds. The van der Waals surface area contributed by atoms with E-state index in [1.54, 1.807) is 26.1 Å². The fourth-order valence-corrected chi connectivity index (χ4v) is 10.6. The Kier molecular flexibility index (Phi) is 10.9. The molecule has 4 N–H and O–H groups in total. The number of methoxy groups -OCH3 is 1. The molecule has 10 heteroatoms. The summed E-state index contributed by atoms with van der Waals surface area (Å²) < 4.78 is 6.30. The van der Waals surface area contributed by atoms with Crippen LogP contribution in [0, 0.1) is 52.8 Å². The van der Waals surface area contributed by atoms with E-state index in [2.05, 4.69) is 50.4 Å². The van der Waals surface area contributed by atoms with Crippen molar-refractivity contribution in [2.24, 2.45) is 52.8 Å². The van der Waals surface area contributed by atoms with Crippen molar-refractivity contribution in [3.05, 3.63) is 0 Å². The van der Waals surface area contributed by atoms with Gasteiger partial charge >= 0.3 is 0 Å². The molecule has 5 saturated carbocycles. The molecule has 6 aliphatic rings. The number of fused-ring (bicyclic) bond motifs is 2. The Bertz CT molecular complexity index is 1040. The van der Waals surface area contributed by atoms with E-state index in [9.17, 15) is 19.8 Å². The molecule has 258 valence electrons. The first-order valence-electron chi connectivity index (χ1n) is 17.8. The SMILES string of the molecule is CNC(=O)C1CC(C2CCCC(CN3O[C@@H](CO)[C@@H]([C@H](C)O)C3C(=O)N[C@H]3C[C@H]4C[C@@H]([C@@H]3C)C4(C)C)C2OC)CC(N(C)C)C1. The molecule has 0 radical (unpaired) electrons. The molecular weight excluding hydrogens is 572 g/mol. The van der Waals surface area contributed by atoms with E-state index in [-0.39, 0.29) is 42.4 Å². The normalized spacial score (nSPS) is 43.8. The molecule has 0 aromatic rings. The van der Waals surface area contributed by atoms with Crippen molar-refractivity contribution < 1.29 is 29.4 Å². The molecular formula is C35H62N4O6. The van der Waals surface area contributed by atoms with E-state index in [1.807, 2.05) is 0 Å². The summed E-state index contributed by atoms with van der Waals surface area (Å²) in [5.41, 5.74) is 0.325. The number of hydroxylamine groups is 2. The summed E-state index contributed by atoms with van der Waals surface area (Å²) in [6, 6.07) is -0.243. The summed E-state index contributed by atoms with van der Waals surface area (Å²) in [5, 5.41) is 29.2. The number of nitrogens with one attached hydrogen (secondary N) is 2. The minimum atomic E-state index is -0.816. The number of hydrogen-bond donors (Lipinski definition) is 4. The highest BCUT2D eigenvalue weighted by Gasteiger charge is 2.58. The van der Waals surface area contributed by atoms with Gasteiger partial charge in [0, 0.05) is 50.5 Å². The van der Waals surface area contributed by atoms with Gasteiger partial charge in [-0.05, 0) is 101 Å². The number of hydrogen-bond acceptors (Lipinski definition) is 8. The lowest BCUT2D eigenvalue weighted by Gasteiger charge is -2.62. The Morgan fingerprint density at radius 3 is 2.42 bits per heavy atom. The Morgan fingerprint density at radius 2 is 1.84 bits per heavy atom. The number of nitrogens with zero attached hydrogens (tertiary/aromatic N) is 2. The molecule has 5 aliphatic carbocycles. The molecule has 7 unspecified atom stereocenters. The van der Waals surface area contributed by atoms with Crippen LogP contribution in [0.15, 0.2) is 0 Å². The fourth-order valence-electron chi connectivity index (χ4n) is 10.6. The number of aliphatic hydroxyl groups excluding tert-OH is 2. The zero-order valence-corrected chi connectivity index (χ0v) is 29.1. The van der Waals surface area contributed by atoms with Gasteiger partial charge in [0.25, 0.3) is 0 Å². The summed E-state index contributed by atoms with van der Waals surface area (Å²) in [4.78, 5) is 35.6. The van der Waals surface area contributed by atoms with Gasteiger partial charge in [-0.25, -0.2) is 0 Å². The zero-order chi connectivity index (χ0) is 32.8. The molecule has 6 rings (SSSR count). The van der Waals surface area contributed by atoms with Crippen LogP contribution in [-0.4, -0.2) is 110 Å². The van der Waals surface area contributed by atoms with Crippen molar-refractivity contribution in [3.63, 3.8) is 0 Å². The third-order valence-electron chi connectivity index (χ3n) is 13.4. The average molecular weight is 635 g/mol. The van der Waals surface area contributed by atoms with Crippen molar-refractivity contribution in [2.45, 2.75) is 115 Å². The van der Waals surface area contributed by atoms with Crippen LogP contribution in [0.25, 0.3) is 0 Å². The molecule has 0 aromatic carbocycles. The minimum absolute atomic E-state index is 0.00933. The molecule has 6 fully saturated rings. The average Bonchev–Trinajstić information content (AvgIpc) is 3.39. The summed E-state index contributed by atoms with van der Waals surface area (Å²) in [7, 11) is 7.73. The Balaban J connectivity index is 1.33. The van der Waals surface area contributed by atoms with Gasteiger partial charge in [0.15, 0.2) is 0 Å². The van der Waals surface area contributed by atoms with Gasteiger partial charge < -0.3 is 30.5 Å². The second kappa shape index (κ2) is 14.0. The maximum atomic E-state index is 14.2. The van der Waals surface area contributed by atoms with Crippen molar-refractivity contribution in [1.29, 1.82) is 0 Å². The summed E-state index contributed by atoms with van der Waals surface area (Å²) in [6.45, 7) is 8.92. The highest BCUT2D eigenvalue weighted by Crippen LogP contribution is 2.61. The minimum Gasteiger partial charge on any atom is -0.394 e. The molecule has 10 nitrogen and oxygen atoms in total. The molecule has 45 heavy (non-hydrogen) atoms. The van der Waals surface area contributed by atoms with Crippen molar-refractivity contribution in [1.82, 2.24) is 20.6 Å². The lowest BCUT2D eigenvalue weighted by molar-refractivity contribution is -0.193. The molecule has 14 atom stereocenters. The van der Waals surface area contributed by atoms with Crippen molar-refractivity contribution in [2.75, 3.05) is 41.4 Å². The van der Waals surface area contributed by atoms with Crippen molar-refractivity contribution >= 4 is 11.8 Å². The molecule has 0 aromatic heterocycles. The van der Waals surface area contributed by atoms with E-state index >= 15 is 0 Å². The smallest absolute Gasteiger partial charge is 0.240 e. The maximum Gasteiger partial charge on any atom is 0.240 e. The van der Waals surface area contributed by atoms with Crippen LogP contribution in [-0.2, 0) is 19.2 Å². The summed E-state index contributed by atoms with van der Waals surface area (Å²) in [5.74, 6) is 1.87. The Hall–Kier alpha value is -1.30. The number of ether oxygens (including phenoxy) is 1. The second-order valence-corrected chi connectivity index (χ2v) is 16.2. The van der Waals surface area contributed by atoms with Gasteiger partial charge in [-0.1, -0.05) is 27.2 Å². The molecule has 1 heterocycles. The van der Waals surface area contributed by atoms with Crippen LogP contribution in [0.4, 0.5) is 0 Å². The van der Waals surface area contributed by atoms with Crippen LogP contribution in [0.2, 0.25) is 0 Å². The standard InChI is InChI=1S/C35H62N4O6/c1-19-27-15-24(35(27,3)4)16-28(19)37-34(43)31-30(20(2)41)29(18-40)45-39(31)17-21-10-9-11-26(32(21)44-8)22-12-23(33(42)36-5)14-25(13-22)38(6)7/h19-32,40-41H,9-18H2,1-8H3,(H,36,42)(H,37,43)/t19-,20-,21?,22?,23?,24+,25?,26?,27-,28-,29-,30+,31?,32?/m0/s1. The Morgan fingerprint density at radius 1 is 1.11 bits per heavy atom. The maximum absolute atomic E-state index is 14.2. The fraction of sp³-hybridized carbons (Fsp3) is 0.943. The predicted octanol–water partition coefficient (Wildman–Crippen LogP) is 2.67. The van der Waals surface area contributed by atoms with Gasteiger partial charge in [-0.3, -0.25) is 14.4 Å². The van der Waals surface area contributed by atoms with E-state index in [4.69, 9.17) is 9.57 Å². The number of carbonyl (C=O) groups excluding carboxylic acids is 2. The lowest BCUT2D eigenvalue weighted by atomic mass is 9.45. The third kappa shape index (κ3) is 6.71. The first kappa shape index (κ1) is 35.0. The number of aliphatic hydroxyl groups is 2. The van der Waals surface area contributed by atoms with Gasteiger partial charge in [0.05, 0.1) is 18.8 Å². The quantitative estimate of drug-likeness (QED) is 0.289. The lowest BCUT2D eigenvalue weighted by Crippen LogP contribution is -2.62. The van der Waals surface area contributed by atoms with Crippen LogP contribution in [0.3, 0.4) is 0 Å². The number of carbonyl (C=O) groups is 2. The van der Waals surface area contributed by atoms with E-state index in [1.165, 1.54) is 6.42 Å². The Labute approximate surface area is 271 Å².